The highest BCUT2D eigenvalue weighted by Gasteiger charge is 2.28. The molecule has 0 saturated heterocycles. The van der Waals surface area contributed by atoms with Crippen molar-refractivity contribution in [2.45, 2.75) is 11.9 Å². The second-order valence-electron chi connectivity index (χ2n) is 5.04. The van der Waals surface area contributed by atoms with Crippen LogP contribution in [-0.4, -0.2) is 32.2 Å². The number of nitrogens with zero attached hydrogens (tertiary/aromatic N) is 2. The van der Waals surface area contributed by atoms with Crippen LogP contribution in [0.5, 0.6) is 0 Å². The molecule has 2 aromatic rings. The normalized spacial score (nSPS) is 11.0. The number of hydrogen-bond acceptors (Lipinski definition) is 7. The number of rotatable bonds is 4. The molecule has 25 heavy (non-hydrogen) atoms. The number of nitriles is 1. The SMILES string of the molecule is CCOC(=O)c1c(-c2ccc(F)cc2)nc(S(C)(=O)=O)c(C#N)c1N. The largest absolute Gasteiger partial charge is 0.462 e. The lowest BCUT2D eigenvalue weighted by Crippen LogP contribution is -2.16. The molecule has 0 aliphatic heterocycles. The van der Waals surface area contributed by atoms with Crippen LogP contribution in [0.2, 0.25) is 0 Å². The zero-order valence-corrected chi connectivity index (χ0v) is 14.2. The van der Waals surface area contributed by atoms with Crippen LogP contribution < -0.4 is 5.73 Å². The Balaban J connectivity index is 2.92. The minimum absolute atomic E-state index is 0.0385. The maximum Gasteiger partial charge on any atom is 0.342 e. The first-order valence-electron chi connectivity index (χ1n) is 7.07. The number of halogens is 1. The monoisotopic (exact) mass is 363 g/mol. The molecule has 7 nitrogen and oxygen atoms in total. The van der Waals surface area contributed by atoms with Crippen molar-refractivity contribution < 1.29 is 22.3 Å². The number of nitrogen functional groups attached to an aromatic ring is 1. The first-order valence-corrected chi connectivity index (χ1v) is 8.96. The van der Waals surface area contributed by atoms with Crippen molar-refractivity contribution in [3.05, 3.63) is 41.2 Å². The van der Waals surface area contributed by atoms with Gasteiger partial charge in [-0.25, -0.2) is 22.6 Å². The summed E-state index contributed by atoms with van der Waals surface area (Å²) in [5, 5.41) is 8.70. The molecule has 1 heterocycles. The molecule has 2 N–H and O–H groups in total. The quantitative estimate of drug-likeness (QED) is 0.823. The van der Waals surface area contributed by atoms with Crippen LogP contribution in [-0.2, 0) is 14.6 Å². The van der Waals surface area contributed by atoms with Crippen molar-refractivity contribution in [3.63, 3.8) is 0 Å². The first-order chi connectivity index (χ1) is 11.7. The molecule has 0 spiro atoms. The summed E-state index contributed by atoms with van der Waals surface area (Å²) in [6.45, 7) is 1.62. The van der Waals surface area contributed by atoms with Gasteiger partial charge >= 0.3 is 5.97 Å². The Morgan fingerprint density at radius 3 is 2.44 bits per heavy atom. The maximum absolute atomic E-state index is 13.2. The summed E-state index contributed by atoms with van der Waals surface area (Å²) in [7, 11) is -3.90. The minimum Gasteiger partial charge on any atom is -0.462 e. The second-order valence-corrected chi connectivity index (χ2v) is 6.97. The molecule has 9 heteroatoms. The average Bonchev–Trinajstić information content (AvgIpc) is 2.54. The van der Waals surface area contributed by atoms with Gasteiger partial charge < -0.3 is 10.5 Å². The number of benzene rings is 1. The van der Waals surface area contributed by atoms with E-state index < -0.39 is 32.2 Å². The van der Waals surface area contributed by atoms with Gasteiger partial charge in [0.1, 0.15) is 23.0 Å². The van der Waals surface area contributed by atoms with Crippen molar-refractivity contribution >= 4 is 21.5 Å². The Labute approximate surface area is 143 Å². The maximum atomic E-state index is 13.2. The zero-order valence-electron chi connectivity index (χ0n) is 13.4. The Hall–Kier alpha value is -2.99. The molecular formula is C16H14FN3O4S. The average molecular weight is 363 g/mol. The van der Waals surface area contributed by atoms with Gasteiger partial charge in [0.05, 0.1) is 18.0 Å². The number of sulfone groups is 1. The highest BCUT2D eigenvalue weighted by Crippen LogP contribution is 2.32. The van der Waals surface area contributed by atoms with Crippen LogP contribution in [0.15, 0.2) is 29.3 Å². The Morgan fingerprint density at radius 1 is 1.36 bits per heavy atom. The lowest BCUT2D eigenvalue weighted by molar-refractivity contribution is 0.0528. The summed E-state index contributed by atoms with van der Waals surface area (Å²) >= 11 is 0. The fourth-order valence-electron chi connectivity index (χ4n) is 2.18. The standard InChI is InChI=1S/C16H14FN3O4S/c1-3-24-16(21)12-13(19)11(8-18)15(25(2,22)23)20-14(12)9-4-6-10(17)7-5-9/h4-7H,3H2,1-2H3,(H2,19,20). The topological polar surface area (TPSA) is 123 Å². The molecule has 2 rings (SSSR count). The predicted molar refractivity (Wildman–Crippen MR) is 87.8 cm³/mol. The van der Waals surface area contributed by atoms with Gasteiger partial charge in [-0.2, -0.15) is 5.26 Å². The van der Waals surface area contributed by atoms with Crippen LogP contribution in [0.4, 0.5) is 10.1 Å². The third kappa shape index (κ3) is 3.59. The van der Waals surface area contributed by atoms with E-state index in [9.17, 15) is 22.9 Å². The number of pyridine rings is 1. The van der Waals surface area contributed by atoms with Crippen LogP contribution in [0.3, 0.4) is 0 Å². The van der Waals surface area contributed by atoms with Crippen molar-refractivity contribution in [2.75, 3.05) is 18.6 Å². The smallest absolute Gasteiger partial charge is 0.342 e. The van der Waals surface area contributed by atoms with E-state index in [0.717, 1.165) is 18.4 Å². The molecule has 0 bridgehead atoms. The fraction of sp³-hybridized carbons (Fsp3) is 0.188. The number of esters is 1. The van der Waals surface area contributed by atoms with Gasteiger partial charge in [0.2, 0.25) is 0 Å². The highest BCUT2D eigenvalue weighted by molar-refractivity contribution is 7.90. The van der Waals surface area contributed by atoms with Gasteiger partial charge in [-0.15, -0.1) is 0 Å². The van der Waals surface area contributed by atoms with Gasteiger partial charge in [0, 0.05) is 11.8 Å². The summed E-state index contributed by atoms with van der Waals surface area (Å²) in [5.74, 6) is -1.38. The van der Waals surface area contributed by atoms with Gasteiger partial charge in [0.25, 0.3) is 0 Å². The van der Waals surface area contributed by atoms with E-state index in [2.05, 4.69) is 4.98 Å². The molecule has 1 aromatic heterocycles. The predicted octanol–water partition coefficient (Wildman–Crippen LogP) is 1.92. The van der Waals surface area contributed by atoms with E-state index in [1.54, 1.807) is 13.0 Å². The molecule has 0 saturated carbocycles. The molecule has 0 aliphatic carbocycles. The first kappa shape index (κ1) is 18.4. The second kappa shape index (κ2) is 6.86. The Morgan fingerprint density at radius 2 is 1.96 bits per heavy atom. The fourth-order valence-corrected chi connectivity index (χ4v) is 2.97. The molecule has 0 aliphatic rings. The van der Waals surface area contributed by atoms with Gasteiger partial charge in [0.15, 0.2) is 14.9 Å². The van der Waals surface area contributed by atoms with Gasteiger partial charge in [-0.3, -0.25) is 0 Å². The van der Waals surface area contributed by atoms with Crippen molar-refractivity contribution in [2.24, 2.45) is 0 Å². The number of aromatic nitrogens is 1. The van der Waals surface area contributed by atoms with Crippen LogP contribution in [0.1, 0.15) is 22.8 Å². The molecule has 0 radical (unpaired) electrons. The summed E-state index contributed by atoms with van der Waals surface area (Å²) in [4.78, 5) is 16.2. The van der Waals surface area contributed by atoms with Crippen LogP contribution >= 0.6 is 0 Å². The summed E-state index contributed by atoms with van der Waals surface area (Å²) in [6, 6.07) is 6.55. The van der Waals surface area contributed by atoms with E-state index in [1.807, 2.05) is 0 Å². The Bertz CT molecular complexity index is 980. The van der Waals surface area contributed by atoms with Crippen LogP contribution in [0.25, 0.3) is 11.3 Å². The van der Waals surface area contributed by atoms with Crippen molar-refractivity contribution in [1.29, 1.82) is 5.26 Å². The lowest BCUT2D eigenvalue weighted by atomic mass is 10.0. The van der Waals surface area contributed by atoms with Crippen molar-refractivity contribution in [1.82, 2.24) is 4.98 Å². The number of anilines is 1. The van der Waals surface area contributed by atoms with Crippen molar-refractivity contribution in [3.8, 4) is 17.3 Å². The number of carbonyl (C=O) groups excluding carboxylic acids is 1. The number of carbonyl (C=O) groups is 1. The molecular weight excluding hydrogens is 349 g/mol. The third-order valence-electron chi connectivity index (χ3n) is 3.26. The van der Waals surface area contributed by atoms with Gasteiger partial charge in [-0.1, -0.05) is 0 Å². The van der Waals surface area contributed by atoms with E-state index >= 15 is 0 Å². The van der Waals surface area contributed by atoms with Gasteiger partial charge in [-0.05, 0) is 31.2 Å². The summed E-state index contributed by atoms with van der Waals surface area (Å²) in [5.41, 5.74) is 5.02. The molecule has 0 amide bonds. The Kier molecular flexibility index (Phi) is 5.04. The molecule has 130 valence electrons. The molecule has 1 aromatic carbocycles. The zero-order chi connectivity index (χ0) is 18.8. The van der Waals surface area contributed by atoms with E-state index in [-0.39, 0.29) is 29.1 Å². The summed E-state index contributed by atoms with van der Waals surface area (Å²) < 4.78 is 42.0. The van der Waals surface area contributed by atoms with Crippen LogP contribution in [0, 0.1) is 17.1 Å². The number of ether oxygens (including phenoxy) is 1. The van der Waals surface area contributed by atoms with E-state index in [1.165, 1.54) is 12.1 Å². The highest BCUT2D eigenvalue weighted by atomic mass is 32.2. The summed E-state index contributed by atoms with van der Waals surface area (Å²) in [6.07, 6.45) is 0.869. The molecule has 0 fully saturated rings. The minimum atomic E-state index is -3.90. The lowest BCUT2D eigenvalue weighted by Gasteiger charge is -2.14. The number of hydrogen-bond donors (Lipinski definition) is 1. The van der Waals surface area contributed by atoms with E-state index in [4.69, 9.17) is 10.5 Å². The number of nitrogens with two attached hydrogens (primary N) is 1. The molecule has 0 atom stereocenters. The molecule has 0 unspecified atom stereocenters. The third-order valence-corrected chi connectivity index (χ3v) is 4.26. The van der Waals surface area contributed by atoms with E-state index in [0.29, 0.717) is 0 Å².